The molecule has 96 heavy (non-hydrogen) atoms. The molecule has 0 unspecified atom stereocenters. The number of carboxylic acids is 1. The molecule has 0 aliphatic heterocycles. The number of hydrogen-bond acceptors (Lipinski definition) is 6. The molecule has 6 rings (SSSR count). The average molecular weight is 1520 g/mol. The summed E-state index contributed by atoms with van der Waals surface area (Å²) < 4.78 is 77.1. The zero-order chi connectivity index (χ0) is 70.6. The van der Waals surface area contributed by atoms with E-state index in [4.69, 9.17) is 22.9 Å². The quantitative estimate of drug-likeness (QED) is 0.0572. The predicted octanol–water partition coefficient (Wildman–Crippen LogP) is 22.8. The molecule has 20 heteroatoms. The van der Waals surface area contributed by atoms with Gasteiger partial charge >= 0.3 is 57.3 Å². The fourth-order valence-corrected chi connectivity index (χ4v) is 17.7. The molecule has 1 N–H and O–H groups in total. The van der Waals surface area contributed by atoms with E-state index in [2.05, 4.69) is 223 Å². The maximum Gasteiger partial charge on any atom is 2.00 e. The normalized spacial score (nSPS) is 12.5. The number of rotatable bonds is 7. The maximum atomic E-state index is 12.1. The van der Waals surface area contributed by atoms with Gasteiger partial charge in [-0.3, -0.25) is 4.79 Å². The number of carbonyl (C=O) groups is 3. The van der Waals surface area contributed by atoms with Gasteiger partial charge in [-0.2, -0.15) is 26.3 Å². The zero-order valence-corrected chi connectivity index (χ0v) is 68.6. The summed E-state index contributed by atoms with van der Waals surface area (Å²) in [5.74, 6) is -0.722. The van der Waals surface area contributed by atoms with Crippen LogP contribution >= 0.6 is 15.8 Å². The van der Waals surface area contributed by atoms with Crippen LogP contribution in [-0.2, 0) is 80.9 Å². The first-order valence-corrected chi connectivity index (χ1v) is 34.3. The van der Waals surface area contributed by atoms with Crippen LogP contribution in [0.3, 0.4) is 0 Å². The van der Waals surface area contributed by atoms with Gasteiger partial charge in [-0.1, -0.05) is 165 Å². The predicted molar refractivity (Wildman–Crippen MR) is 399 cm³/mol. The monoisotopic (exact) mass is 1510 g/mol. The molecule has 0 fully saturated rings. The van der Waals surface area contributed by atoms with Gasteiger partial charge in [0.15, 0.2) is 6.16 Å². The second kappa shape index (κ2) is 45.1. The van der Waals surface area contributed by atoms with Crippen LogP contribution in [0.25, 0.3) is 16.1 Å². The number of esters is 1. The first-order chi connectivity index (χ1) is 40.7. The second-order valence-corrected chi connectivity index (χ2v) is 37.1. The smallest absolute Gasteiger partial charge is 0.646 e. The Morgan fingerprint density at radius 1 is 0.542 bits per heavy atom. The Labute approximate surface area is 612 Å². The van der Waals surface area contributed by atoms with Crippen molar-refractivity contribution in [1.29, 1.82) is 0 Å². The number of amides is 1. The van der Waals surface area contributed by atoms with Crippen molar-refractivity contribution in [2.75, 3.05) is 19.4 Å². The van der Waals surface area contributed by atoms with Crippen LogP contribution in [0.15, 0.2) is 88.8 Å². The molecular formula is C76H118BF6N3Ni3O5P2+2. The third-order valence-electron chi connectivity index (χ3n) is 13.4. The van der Waals surface area contributed by atoms with Crippen LogP contribution in [0.5, 0.6) is 0 Å². The van der Waals surface area contributed by atoms with Gasteiger partial charge in [-0.25, -0.2) is 14.8 Å². The summed E-state index contributed by atoms with van der Waals surface area (Å²) in [5, 5.41) is 16.3. The Balaban J connectivity index is -0.000000215. The molecule has 8 nitrogen and oxygen atoms in total. The third-order valence-corrected chi connectivity index (χ3v) is 21.9. The summed E-state index contributed by atoms with van der Waals surface area (Å²) in [7, 11) is 4.68. The first-order valence-electron chi connectivity index (χ1n) is 30.9. The molecule has 1 aliphatic rings. The number of ether oxygens (including phenoxy) is 1. The van der Waals surface area contributed by atoms with Crippen molar-refractivity contribution in [3.05, 3.63) is 162 Å². The molecule has 0 saturated heterocycles. The number of methoxy groups -OCH3 is 1. The molecule has 5 aromatic rings. The molecule has 2 radical (unpaired) electrons. The Hall–Kier alpha value is -3.90. The van der Waals surface area contributed by atoms with E-state index in [-0.39, 0.29) is 122 Å². The van der Waals surface area contributed by atoms with E-state index < -0.39 is 50.8 Å². The standard InChI is InChI=1S/C30H28N2.C14H30NOP.C10H21O2P.C8H3BF6.C5H10O2.2C3H8.3CH3.3Ni/c1-17-13-19(3)27(20(4)14-17)31-29-24-11-7-9-23-10-8-12-25(26(23)24)30(29)32-28-21(5)15-18(2)16-22(28)6;1-12(2,3)15-11(16)10-17(13(4,5)6)14(7,8)9;1-9(2,3)13(7-8(11)12)10(4,5)6;9-6-2-4(7(10,11)12)1-5(3-6)8(13,14)15;1-4(2)5(6)7-3;2*1-3-2;;;;;;/h7-16H,1-6H3;10H2,1-9H3,(H,15,16);7H2,1-6H3,(H,11,12);1-3H;4H,1-3H3;2*3H2,1-2H3;3*1H3;;;/q;;;;;;;3*-1;;2*+2/p+1. The van der Waals surface area contributed by atoms with Crippen molar-refractivity contribution in [3.63, 3.8) is 0 Å². The van der Waals surface area contributed by atoms with Crippen LogP contribution in [0.4, 0.5) is 37.7 Å². The Morgan fingerprint density at radius 3 is 1.05 bits per heavy atom. The van der Waals surface area contributed by atoms with Crippen LogP contribution in [0.1, 0.15) is 214 Å². The number of carboxylic acid groups (broad SMARTS) is 1. The summed E-state index contributed by atoms with van der Waals surface area (Å²) >= 11 is 0. The molecular weight excluding hydrogens is 1400 g/mol. The Morgan fingerprint density at radius 2 is 0.833 bits per heavy atom. The van der Waals surface area contributed by atoms with Gasteiger partial charge in [0.05, 0.1) is 79.6 Å². The van der Waals surface area contributed by atoms with E-state index in [1.54, 1.807) is 13.8 Å². The SMILES string of the molecule is CC(C)(C)[N-]C(=O)C[PH+](C(C)(C)C)C(C)(C)C.CC(C)(C)[PH+](CC(=O)O)C(C)(C)C.CCC.CCC.COC(=O)C(C)C.Cc1cc(C)c(N=C2C(=Nc3c(C)cc(C)cc3C)c3cccc4cccc2c34)c(C)c1.[B]c1cc(C(F)(F)F)cc(C(F)(F)F)c1.[CH3-].[CH3-].[CH3-].[Ni+2].[Ni+2].[Ni]. The molecule has 5 aromatic carbocycles. The Bertz CT molecular complexity index is 3010. The van der Waals surface area contributed by atoms with Crippen molar-refractivity contribution < 1.29 is 100 Å². The number of aliphatic imine (C=N–C) groups is 2. The number of hydrogen-bond donors (Lipinski definition) is 1. The zero-order valence-electron chi connectivity index (χ0n) is 63.6. The molecule has 0 heterocycles. The fraction of sp³-hybridized carbons (Fsp3) is 0.526. The summed E-state index contributed by atoms with van der Waals surface area (Å²) in [6, 6.07) is 22.7. The van der Waals surface area contributed by atoms with E-state index >= 15 is 0 Å². The first kappa shape index (κ1) is 106. The molecule has 0 atom stereocenters. The Kier molecular flexibility index (Phi) is 49.5. The van der Waals surface area contributed by atoms with Gasteiger partial charge in [0.1, 0.15) is 7.85 Å². The van der Waals surface area contributed by atoms with Crippen molar-refractivity contribution in [1.82, 2.24) is 0 Å². The van der Waals surface area contributed by atoms with E-state index in [0.717, 1.165) is 22.8 Å². The number of aliphatic carboxylic acids is 1. The summed E-state index contributed by atoms with van der Waals surface area (Å²) in [5.41, 5.74) is 10.0. The minimum absolute atomic E-state index is 0. The van der Waals surface area contributed by atoms with E-state index in [9.17, 15) is 40.7 Å². The van der Waals surface area contributed by atoms with Crippen LogP contribution in [0.2, 0.25) is 0 Å². The maximum absolute atomic E-state index is 12.1. The number of carbonyl (C=O) groups excluding carboxylic acids is 2. The fourth-order valence-electron chi connectivity index (χ4n) is 10.4. The van der Waals surface area contributed by atoms with Gasteiger partial charge in [-0.15, -0.1) is 5.54 Å². The van der Waals surface area contributed by atoms with E-state index in [1.165, 1.54) is 75.2 Å². The number of benzene rings is 5. The largest absolute Gasteiger partial charge is 2.00 e. The molecule has 1 amide bonds. The van der Waals surface area contributed by atoms with Crippen molar-refractivity contribution in [2.24, 2.45) is 15.9 Å². The second-order valence-electron chi connectivity index (χ2n) is 28.4. The van der Waals surface area contributed by atoms with E-state index in [1.807, 2.05) is 20.8 Å². The van der Waals surface area contributed by atoms with Crippen LogP contribution in [-0.4, -0.2) is 87.8 Å². The molecule has 0 aromatic heterocycles. The van der Waals surface area contributed by atoms with Crippen LogP contribution in [0, 0.1) is 69.7 Å². The summed E-state index contributed by atoms with van der Waals surface area (Å²) in [4.78, 5) is 43.6. The molecule has 0 spiro atoms. The van der Waals surface area contributed by atoms with Gasteiger partial charge in [0, 0.05) is 48.8 Å². The minimum Gasteiger partial charge on any atom is -0.646 e. The summed E-state index contributed by atoms with van der Waals surface area (Å²) in [6.07, 6.45) is -6.17. The molecule has 0 bridgehead atoms. The minimum atomic E-state index is -4.84. The number of aryl methyl sites for hydroxylation is 6. The molecule has 0 saturated carbocycles. The van der Waals surface area contributed by atoms with Gasteiger partial charge in [0.25, 0.3) is 0 Å². The topological polar surface area (TPSA) is 119 Å². The van der Waals surface area contributed by atoms with Crippen molar-refractivity contribution in [2.45, 2.75) is 238 Å². The number of nitrogens with zero attached hydrogens (tertiary/aromatic N) is 3. The van der Waals surface area contributed by atoms with Crippen molar-refractivity contribution in [3.8, 4) is 0 Å². The van der Waals surface area contributed by atoms with Gasteiger partial charge < -0.3 is 42.2 Å². The molecule has 1 aliphatic carbocycles. The van der Waals surface area contributed by atoms with Gasteiger partial charge in [0.2, 0.25) is 0 Å². The summed E-state index contributed by atoms with van der Waals surface area (Å²) in [6.45, 7) is 57.3. The average Bonchev–Trinajstić information content (AvgIpc) is 1.59. The molecule has 550 valence electrons. The van der Waals surface area contributed by atoms with Crippen LogP contribution < -0.4 is 5.46 Å². The number of alkyl halides is 6. The number of halogens is 6. The van der Waals surface area contributed by atoms with E-state index in [0.29, 0.717) is 24.5 Å². The van der Waals surface area contributed by atoms with Crippen molar-refractivity contribution >= 4 is 80.6 Å². The van der Waals surface area contributed by atoms with Gasteiger partial charge in [-0.05, 0) is 158 Å². The third kappa shape index (κ3) is 37.0.